The molecular weight excluding hydrogens is 435 g/mol. The van der Waals surface area contributed by atoms with E-state index in [4.69, 9.17) is 0 Å². The van der Waals surface area contributed by atoms with E-state index in [1.165, 1.54) is 54.6 Å². The molecule has 2 N–H and O–H groups in total. The van der Waals surface area contributed by atoms with Crippen LogP contribution in [0.3, 0.4) is 0 Å². The van der Waals surface area contributed by atoms with Crippen molar-refractivity contribution in [1.29, 1.82) is 0 Å². The smallest absolute Gasteiger partial charge is 0.261 e. The standard InChI is InChI=1S/C19H14BrFN2O3S/c20-14-8-10-16(11-9-14)27(25,26)23-15-5-3-4-13(12-15)19(24)22-18-7-2-1-6-17(18)21/h1-12,23H,(H,22,24). The van der Waals surface area contributed by atoms with Gasteiger partial charge in [-0.15, -0.1) is 0 Å². The van der Waals surface area contributed by atoms with Crippen LogP contribution in [0, 0.1) is 5.82 Å². The van der Waals surface area contributed by atoms with Crippen LogP contribution < -0.4 is 10.0 Å². The maximum absolute atomic E-state index is 13.7. The van der Waals surface area contributed by atoms with Gasteiger partial charge in [-0.1, -0.05) is 34.1 Å². The van der Waals surface area contributed by atoms with E-state index in [-0.39, 0.29) is 21.8 Å². The van der Waals surface area contributed by atoms with Crippen LogP contribution in [0.4, 0.5) is 15.8 Å². The Balaban J connectivity index is 1.80. The van der Waals surface area contributed by atoms with Crippen molar-refractivity contribution in [3.05, 3.63) is 88.6 Å². The van der Waals surface area contributed by atoms with Crippen LogP contribution in [0.1, 0.15) is 10.4 Å². The lowest BCUT2D eigenvalue weighted by atomic mass is 10.2. The molecule has 1 amide bonds. The molecule has 3 aromatic rings. The zero-order chi connectivity index (χ0) is 19.4. The largest absolute Gasteiger partial charge is 0.319 e. The van der Waals surface area contributed by atoms with Crippen molar-refractivity contribution < 1.29 is 17.6 Å². The van der Waals surface area contributed by atoms with Gasteiger partial charge in [-0.2, -0.15) is 0 Å². The Kier molecular flexibility index (Phi) is 5.57. The minimum Gasteiger partial charge on any atom is -0.319 e. The Labute approximate surface area is 164 Å². The van der Waals surface area contributed by atoms with Crippen LogP contribution in [0.25, 0.3) is 0 Å². The predicted molar refractivity (Wildman–Crippen MR) is 106 cm³/mol. The van der Waals surface area contributed by atoms with Gasteiger partial charge in [-0.3, -0.25) is 9.52 Å². The first-order valence-corrected chi connectivity index (χ1v) is 10.1. The van der Waals surface area contributed by atoms with Crippen molar-refractivity contribution in [3.63, 3.8) is 0 Å². The van der Waals surface area contributed by atoms with Crippen molar-refractivity contribution in [2.24, 2.45) is 0 Å². The van der Waals surface area contributed by atoms with Crippen molar-refractivity contribution in [2.45, 2.75) is 4.90 Å². The van der Waals surface area contributed by atoms with Crippen LogP contribution in [-0.2, 0) is 10.0 Å². The summed E-state index contributed by atoms with van der Waals surface area (Å²) in [5, 5.41) is 2.46. The molecule has 0 bridgehead atoms. The molecule has 0 aliphatic rings. The highest BCUT2D eigenvalue weighted by molar-refractivity contribution is 9.10. The Morgan fingerprint density at radius 3 is 2.33 bits per heavy atom. The third-order valence-electron chi connectivity index (χ3n) is 3.62. The summed E-state index contributed by atoms with van der Waals surface area (Å²) in [6.45, 7) is 0. The first kappa shape index (κ1) is 19.1. The molecule has 0 unspecified atom stereocenters. The number of halogens is 2. The van der Waals surface area contributed by atoms with Crippen molar-refractivity contribution in [2.75, 3.05) is 10.0 Å². The molecule has 0 saturated heterocycles. The molecule has 0 saturated carbocycles. The fourth-order valence-electron chi connectivity index (χ4n) is 2.31. The number of anilines is 2. The summed E-state index contributed by atoms with van der Waals surface area (Å²) in [4.78, 5) is 12.4. The number of hydrogen-bond donors (Lipinski definition) is 2. The van der Waals surface area contributed by atoms with E-state index < -0.39 is 21.7 Å². The molecular formula is C19H14BrFN2O3S. The van der Waals surface area contributed by atoms with Gasteiger partial charge in [0.1, 0.15) is 5.82 Å². The predicted octanol–water partition coefficient (Wildman–Crippen LogP) is 4.64. The van der Waals surface area contributed by atoms with Crippen LogP contribution >= 0.6 is 15.9 Å². The molecule has 3 rings (SSSR count). The minimum atomic E-state index is -3.80. The fraction of sp³-hybridized carbons (Fsp3) is 0. The number of amides is 1. The average molecular weight is 449 g/mol. The fourth-order valence-corrected chi connectivity index (χ4v) is 3.62. The van der Waals surface area contributed by atoms with Gasteiger partial charge in [0.25, 0.3) is 15.9 Å². The molecule has 0 heterocycles. The molecule has 0 spiro atoms. The molecule has 0 fully saturated rings. The quantitative estimate of drug-likeness (QED) is 0.596. The summed E-state index contributed by atoms with van der Waals surface area (Å²) >= 11 is 3.25. The second kappa shape index (κ2) is 7.89. The van der Waals surface area contributed by atoms with Gasteiger partial charge in [-0.25, -0.2) is 12.8 Å². The van der Waals surface area contributed by atoms with E-state index in [1.54, 1.807) is 18.2 Å². The second-order valence-electron chi connectivity index (χ2n) is 5.57. The molecule has 3 aromatic carbocycles. The number of para-hydroxylation sites is 1. The SMILES string of the molecule is O=C(Nc1ccccc1F)c1cccc(NS(=O)(=O)c2ccc(Br)cc2)c1. The lowest BCUT2D eigenvalue weighted by molar-refractivity contribution is 0.102. The molecule has 0 aliphatic carbocycles. The van der Waals surface area contributed by atoms with Crippen molar-refractivity contribution >= 4 is 43.2 Å². The van der Waals surface area contributed by atoms with E-state index in [0.717, 1.165) is 4.47 Å². The summed E-state index contributed by atoms with van der Waals surface area (Å²) in [6.07, 6.45) is 0. The van der Waals surface area contributed by atoms with E-state index in [9.17, 15) is 17.6 Å². The number of carbonyl (C=O) groups excluding carboxylic acids is 1. The molecule has 27 heavy (non-hydrogen) atoms. The highest BCUT2D eigenvalue weighted by atomic mass is 79.9. The van der Waals surface area contributed by atoms with Gasteiger partial charge in [0.05, 0.1) is 10.6 Å². The molecule has 138 valence electrons. The van der Waals surface area contributed by atoms with Crippen LogP contribution in [0.15, 0.2) is 82.2 Å². The molecule has 0 atom stereocenters. The van der Waals surface area contributed by atoms with E-state index >= 15 is 0 Å². The van der Waals surface area contributed by atoms with Crippen molar-refractivity contribution in [1.82, 2.24) is 0 Å². The molecule has 0 aromatic heterocycles. The summed E-state index contributed by atoms with van der Waals surface area (Å²) in [5.41, 5.74) is 0.455. The highest BCUT2D eigenvalue weighted by Crippen LogP contribution is 2.20. The number of hydrogen-bond acceptors (Lipinski definition) is 3. The van der Waals surface area contributed by atoms with Gasteiger partial charge >= 0.3 is 0 Å². The third-order valence-corrected chi connectivity index (χ3v) is 5.55. The summed E-state index contributed by atoms with van der Waals surface area (Å²) in [6, 6.07) is 17.9. The maximum Gasteiger partial charge on any atom is 0.261 e. The second-order valence-corrected chi connectivity index (χ2v) is 8.17. The zero-order valence-corrected chi connectivity index (χ0v) is 16.2. The topological polar surface area (TPSA) is 75.3 Å². The molecule has 0 aliphatic heterocycles. The monoisotopic (exact) mass is 448 g/mol. The summed E-state index contributed by atoms with van der Waals surface area (Å²) < 4.78 is 41.8. The van der Waals surface area contributed by atoms with Gasteiger partial charge in [0.15, 0.2) is 0 Å². The number of rotatable bonds is 5. The molecule has 0 radical (unpaired) electrons. The molecule has 5 nitrogen and oxygen atoms in total. The lowest BCUT2D eigenvalue weighted by Crippen LogP contribution is -2.15. The Bertz CT molecular complexity index is 1090. The maximum atomic E-state index is 13.7. The van der Waals surface area contributed by atoms with Gasteiger partial charge in [0, 0.05) is 15.7 Å². The van der Waals surface area contributed by atoms with Gasteiger partial charge in [-0.05, 0) is 54.6 Å². The molecule has 8 heteroatoms. The van der Waals surface area contributed by atoms with Crippen LogP contribution in [-0.4, -0.2) is 14.3 Å². The van der Waals surface area contributed by atoms with Crippen LogP contribution in [0.5, 0.6) is 0 Å². The summed E-state index contributed by atoms with van der Waals surface area (Å²) in [5.74, 6) is -1.11. The number of nitrogens with one attached hydrogen (secondary N) is 2. The number of carbonyl (C=O) groups is 1. The normalized spacial score (nSPS) is 11.0. The van der Waals surface area contributed by atoms with E-state index in [0.29, 0.717) is 0 Å². The van der Waals surface area contributed by atoms with Crippen LogP contribution in [0.2, 0.25) is 0 Å². The van der Waals surface area contributed by atoms with Crippen molar-refractivity contribution in [3.8, 4) is 0 Å². The third kappa shape index (κ3) is 4.72. The zero-order valence-electron chi connectivity index (χ0n) is 13.8. The lowest BCUT2D eigenvalue weighted by Gasteiger charge is -2.10. The highest BCUT2D eigenvalue weighted by Gasteiger charge is 2.15. The average Bonchev–Trinajstić information content (AvgIpc) is 2.64. The van der Waals surface area contributed by atoms with Gasteiger partial charge in [0.2, 0.25) is 0 Å². The minimum absolute atomic E-state index is 0.0448. The number of sulfonamides is 1. The number of benzene rings is 3. The van der Waals surface area contributed by atoms with E-state index in [2.05, 4.69) is 26.0 Å². The van der Waals surface area contributed by atoms with E-state index in [1.807, 2.05) is 0 Å². The Hall–Kier alpha value is -2.71. The van der Waals surface area contributed by atoms with Gasteiger partial charge < -0.3 is 5.32 Å². The first-order valence-electron chi connectivity index (χ1n) is 7.79. The first-order chi connectivity index (χ1) is 12.8. The summed E-state index contributed by atoms with van der Waals surface area (Å²) in [7, 11) is -3.80. The Morgan fingerprint density at radius 1 is 0.926 bits per heavy atom. The Morgan fingerprint density at radius 2 is 1.63 bits per heavy atom.